The first-order valence-corrected chi connectivity index (χ1v) is 60.8. The summed E-state index contributed by atoms with van der Waals surface area (Å²) in [6.07, 6.45) is 95.3. The molecule has 0 aromatic carbocycles. The fraction of sp³-hybridized carbons (Fsp3) is 0.958. The normalized spacial score (nSPS) is 13.9. The van der Waals surface area contributed by atoms with Crippen molar-refractivity contribution in [3.05, 3.63) is 0 Å². The number of hydrogen-bond acceptors (Lipinski definition) is 15. The Balaban J connectivity index is 3.80. The molecule has 800 valence electrons. The summed E-state index contributed by atoms with van der Waals surface area (Å²) in [4.78, 5) is 84.6. The van der Waals surface area contributed by atoms with E-state index >= 15 is 0 Å². The van der Waals surface area contributed by atoms with Gasteiger partial charge in [-0.15, -0.1) is 0 Å². The third-order valence-electron chi connectivity index (χ3n) is 30.1. The molecule has 1 heterocycles. The fourth-order valence-electron chi connectivity index (χ4n) is 20.4. The molecule has 1 aliphatic rings. The zero-order chi connectivity index (χ0) is 97.9. The van der Waals surface area contributed by atoms with Gasteiger partial charge in [-0.1, -0.05) is 519 Å². The lowest BCUT2D eigenvalue weighted by Gasteiger charge is -2.37. The zero-order valence-corrected chi connectivity index (χ0v) is 92.4. The van der Waals surface area contributed by atoms with Crippen LogP contribution in [0.2, 0.25) is 0 Å². The molecule has 0 aromatic heterocycles. The molecule has 5 atom stereocenters. The third-order valence-corrected chi connectivity index (χ3v) is 30.1. The lowest BCUT2D eigenvalue weighted by Crippen LogP contribution is -2.51. The second-order valence-corrected chi connectivity index (χ2v) is 42.6. The minimum atomic E-state index is -0.0830. The first-order valence-electron chi connectivity index (χ1n) is 60.8. The zero-order valence-electron chi connectivity index (χ0n) is 92.4. The largest absolute Gasteiger partial charge is 0.464 e. The lowest BCUT2D eigenvalue weighted by atomic mass is 9.94. The number of unbranched alkanes of at least 4 members (excludes halogenated alkanes) is 60. The Kier molecular flexibility index (Phi) is 98.9. The summed E-state index contributed by atoms with van der Waals surface area (Å²) in [6, 6.07) is 0. The predicted molar refractivity (Wildman–Crippen MR) is 581 cm³/mol. The number of carbonyl (C=O) groups is 5. The van der Waals surface area contributed by atoms with E-state index in [1.54, 1.807) is 0 Å². The molecule has 0 bridgehead atoms. The van der Waals surface area contributed by atoms with E-state index in [4.69, 9.17) is 23.7 Å². The van der Waals surface area contributed by atoms with Gasteiger partial charge < -0.3 is 23.7 Å². The Bertz CT molecular complexity index is 2370. The van der Waals surface area contributed by atoms with Gasteiger partial charge in [-0.2, -0.15) is 0 Å². The number of piperazine rings is 1. The quantitative estimate of drug-likeness (QED) is 0.0323. The molecule has 0 radical (unpaired) electrons. The molecule has 15 nitrogen and oxygen atoms in total. The van der Waals surface area contributed by atoms with Crippen LogP contribution >= 0.6 is 0 Å². The molecule has 0 N–H and O–H groups in total. The third kappa shape index (κ3) is 83.2. The van der Waals surface area contributed by atoms with Crippen LogP contribution in [0.25, 0.3) is 0 Å². The van der Waals surface area contributed by atoms with Crippen molar-refractivity contribution >= 4 is 29.8 Å². The van der Waals surface area contributed by atoms with Crippen molar-refractivity contribution in [3.63, 3.8) is 0 Å². The van der Waals surface area contributed by atoms with Crippen LogP contribution < -0.4 is 0 Å². The summed E-state index contributed by atoms with van der Waals surface area (Å²) in [5.41, 5.74) is 0. The van der Waals surface area contributed by atoms with E-state index in [2.05, 4.69) is 93.7 Å². The molecule has 0 aliphatic carbocycles. The molecule has 5 unspecified atom stereocenters. The minimum absolute atomic E-state index is 0.0172. The Labute approximate surface area is 840 Å². The van der Waals surface area contributed by atoms with Crippen LogP contribution in [0.3, 0.4) is 0 Å². The van der Waals surface area contributed by atoms with Gasteiger partial charge in [-0.25, -0.2) is 0 Å². The molecule has 1 fully saturated rings. The van der Waals surface area contributed by atoms with Crippen molar-refractivity contribution in [1.29, 1.82) is 0 Å². The first kappa shape index (κ1) is 130. The van der Waals surface area contributed by atoms with E-state index in [1.807, 2.05) is 0 Å². The molecule has 0 aromatic rings. The number of nitrogens with zero attached hydrogens (tertiary/aromatic N) is 5. The number of hydrogen-bond donors (Lipinski definition) is 0. The highest BCUT2D eigenvalue weighted by atomic mass is 16.6. The van der Waals surface area contributed by atoms with Crippen LogP contribution in [0.5, 0.6) is 0 Å². The van der Waals surface area contributed by atoms with Crippen LogP contribution in [0.4, 0.5) is 0 Å². The van der Waals surface area contributed by atoms with E-state index in [1.165, 1.54) is 385 Å². The summed E-state index contributed by atoms with van der Waals surface area (Å²) < 4.78 is 32.1. The second kappa shape index (κ2) is 103. The summed E-state index contributed by atoms with van der Waals surface area (Å²) in [7, 11) is 0. The van der Waals surface area contributed by atoms with E-state index in [-0.39, 0.29) is 59.4 Å². The second-order valence-electron chi connectivity index (χ2n) is 42.6. The molecule has 1 aliphatic heterocycles. The SMILES string of the molecule is CCCCCCCCCCC(CCCCCCCC)C(=O)OCCN(CCOC(=O)C(CCCCCCCC)CCCCCCCCCC)CCN(CCOC(=O)C(CCCCCCCC)CCCCCCCCCC)CCN1CCN(CCN(CCOC(=O)C(CCCCCCCC)CCCCCCCCCC)CCOC(=O)C(CCCCCCCC)CCCCCCCCCC)CC1. The lowest BCUT2D eigenvalue weighted by molar-refractivity contribution is -0.151. The monoisotopic (exact) mass is 1910 g/mol. The average molecular weight is 1910 g/mol. The molecule has 0 amide bonds. The van der Waals surface area contributed by atoms with Gasteiger partial charge in [0.2, 0.25) is 0 Å². The topological polar surface area (TPSA) is 148 Å². The van der Waals surface area contributed by atoms with Crippen LogP contribution in [0.15, 0.2) is 0 Å². The van der Waals surface area contributed by atoms with Crippen molar-refractivity contribution in [3.8, 4) is 0 Å². The number of ether oxygens (including phenoxy) is 5. The van der Waals surface area contributed by atoms with E-state index in [0.29, 0.717) is 72.3 Å². The smallest absolute Gasteiger partial charge is 0.308 e. The molecule has 15 heteroatoms. The van der Waals surface area contributed by atoms with E-state index < -0.39 is 0 Å². The van der Waals surface area contributed by atoms with Gasteiger partial charge in [0, 0.05) is 98.2 Å². The minimum Gasteiger partial charge on any atom is -0.464 e. The number of rotatable bonds is 109. The van der Waals surface area contributed by atoms with Crippen molar-refractivity contribution in [1.82, 2.24) is 24.5 Å². The number of carbonyl (C=O) groups excluding carboxylic acids is 5. The standard InChI is InChI=1S/C120H235N5O10/c1-11-21-31-41-51-56-66-76-86-111(81-71-61-46-36-26-16-6)116(126)131-106-101-123(98-100-125(104-109-134-119(129)114(84-74-64-49-39-29-19-9)89-79-69-59-54-44-34-24-14-4)105-110-135-120(130)115(85-75-65-50-40-30-20-10)90-80-70-60-55-45-35-25-15-5)97-95-121-91-93-122(94-92-121)96-99-124(102-107-132-117(127)112(82-72-62-47-37-27-17-7)87-77-67-57-52-42-32-22-12-2)103-108-133-118(128)113(83-73-63-48-38-28-18-8)88-78-68-58-53-43-33-23-13-3/h111-115H,11-110H2,1-10H3. The molecule has 1 saturated heterocycles. The summed E-state index contributed by atoms with van der Waals surface area (Å²) in [6.45, 7) is 36.0. The van der Waals surface area contributed by atoms with Gasteiger partial charge in [-0.3, -0.25) is 48.5 Å². The predicted octanol–water partition coefficient (Wildman–Crippen LogP) is 33.7. The molecule has 135 heavy (non-hydrogen) atoms. The summed E-state index contributed by atoms with van der Waals surface area (Å²) in [5, 5.41) is 0. The van der Waals surface area contributed by atoms with Crippen molar-refractivity contribution in [2.24, 2.45) is 29.6 Å². The Hall–Kier alpha value is -2.85. The number of esters is 5. The first-order chi connectivity index (χ1) is 66.4. The highest BCUT2D eigenvalue weighted by Gasteiger charge is 2.28. The molecular formula is C120H235N5O10. The van der Waals surface area contributed by atoms with Gasteiger partial charge in [-0.05, 0) is 64.2 Å². The van der Waals surface area contributed by atoms with Crippen LogP contribution in [0, 0.1) is 29.6 Å². The average Bonchev–Trinajstić information content (AvgIpc) is 0.891. The maximum Gasteiger partial charge on any atom is 0.308 e. The maximum absolute atomic E-state index is 14.6. The summed E-state index contributed by atoms with van der Waals surface area (Å²) in [5.74, 6) is -0.477. The van der Waals surface area contributed by atoms with Crippen molar-refractivity contribution in [2.45, 2.75) is 583 Å². The van der Waals surface area contributed by atoms with Gasteiger partial charge in [0.1, 0.15) is 33.0 Å². The van der Waals surface area contributed by atoms with E-state index in [9.17, 15) is 24.0 Å². The van der Waals surface area contributed by atoms with Crippen LogP contribution in [0.1, 0.15) is 583 Å². The molecule has 1 rings (SSSR count). The molecular weight excluding hydrogens is 1670 g/mol. The van der Waals surface area contributed by atoms with Gasteiger partial charge in [0.05, 0.1) is 29.6 Å². The molecule has 0 spiro atoms. The van der Waals surface area contributed by atoms with Gasteiger partial charge in [0.25, 0.3) is 0 Å². The highest BCUT2D eigenvalue weighted by Crippen LogP contribution is 2.29. The van der Waals surface area contributed by atoms with Gasteiger partial charge in [0.15, 0.2) is 0 Å². The maximum atomic E-state index is 14.6. The molecule has 0 saturated carbocycles. The Morgan fingerprint density at radius 3 is 0.430 bits per heavy atom. The van der Waals surface area contributed by atoms with Gasteiger partial charge >= 0.3 is 29.8 Å². The van der Waals surface area contributed by atoms with Crippen molar-refractivity contribution in [2.75, 3.05) is 131 Å². The van der Waals surface area contributed by atoms with Crippen LogP contribution in [-0.4, -0.2) is 186 Å². The van der Waals surface area contributed by atoms with E-state index in [0.717, 1.165) is 187 Å². The fourth-order valence-corrected chi connectivity index (χ4v) is 20.4. The Morgan fingerprint density at radius 2 is 0.289 bits per heavy atom. The van der Waals surface area contributed by atoms with Crippen molar-refractivity contribution < 1.29 is 47.7 Å². The van der Waals surface area contributed by atoms with Crippen LogP contribution in [-0.2, 0) is 47.7 Å². The Morgan fingerprint density at radius 1 is 0.170 bits per heavy atom. The summed E-state index contributed by atoms with van der Waals surface area (Å²) >= 11 is 0. The highest BCUT2D eigenvalue weighted by molar-refractivity contribution is 5.74.